The number of rotatable bonds is 7. The summed E-state index contributed by atoms with van der Waals surface area (Å²) in [6.07, 6.45) is 0. The van der Waals surface area contributed by atoms with E-state index in [1.807, 2.05) is 12.1 Å². The van der Waals surface area contributed by atoms with Gasteiger partial charge >= 0.3 is 0 Å². The van der Waals surface area contributed by atoms with Crippen LogP contribution in [0.1, 0.15) is 22.3 Å². The summed E-state index contributed by atoms with van der Waals surface area (Å²) in [4.78, 5) is 2.45. The molecule has 57 heavy (non-hydrogen) atoms. The van der Waals surface area contributed by atoms with Crippen LogP contribution in [0.5, 0.6) is 0 Å². The van der Waals surface area contributed by atoms with Crippen molar-refractivity contribution < 1.29 is 4.42 Å². The van der Waals surface area contributed by atoms with Gasteiger partial charge in [-0.05, 0) is 98.6 Å². The molecule has 0 radical (unpaired) electrons. The van der Waals surface area contributed by atoms with Gasteiger partial charge in [0.2, 0.25) is 0 Å². The first-order valence-electron chi connectivity index (χ1n) is 19.6. The molecule has 0 spiro atoms. The highest BCUT2D eigenvalue weighted by Gasteiger charge is 2.46. The molecule has 0 fully saturated rings. The van der Waals surface area contributed by atoms with E-state index in [1.54, 1.807) is 0 Å². The summed E-state index contributed by atoms with van der Waals surface area (Å²) in [5.74, 6) is 0. The van der Waals surface area contributed by atoms with E-state index in [0.717, 1.165) is 55.7 Å². The van der Waals surface area contributed by atoms with Crippen LogP contribution in [-0.4, -0.2) is 0 Å². The topological polar surface area (TPSA) is 16.4 Å². The van der Waals surface area contributed by atoms with E-state index in [0.29, 0.717) is 0 Å². The summed E-state index contributed by atoms with van der Waals surface area (Å²) in [6, 6.07) is 81.4. The molecule has 1 heterocycles. The summed E-state index contributed by atoms with van der Waals surface area (Å²) in [7, 11) is 0. The summed E-state index contributed by atoms with van der Waals surface area (Å²) >= 11 is 0. The summed E-state index contributed by atoms with van der Waals surface area (Å²) in [5.41, 5.74) is 16.8. The second-order valence-corrected chi connectivity index (χ2v) is 14.8. The van der Waals surface area contributed by atoms with Crippen LogP contribution in [0.15, 0.2) is 229 Å². The lowest BCUT2D eigenvalue weighted by molar-refractivity contribution is 0.669. The minimum atomic E-state index is -0.514. The SMILES string of the molecule is c1ccc(-c2ccccc2N(c2cccc(-c3ccc4oc5ccccc5c4c3)c2)c2ccc3c(c2)C(c2ccccc2)(c2ccccc2)c2ccccc2-3)cc1. The first-order chi connectivity index (χ1) is 28.3. The van der Waals surface area contributed by atoms with Gasteiger partial charge in [-0.2, -0.15) is 0 Å². The number of furan rings is 1. The second kappa shape index (κ2) is 13.4. The third-order valence-electron chi connectivity index (χ3n) is 11.7. The molecule has 0 unspecified atom stereocenters. The molecule has 1 aromatic heterocycles. The average Bonchev–Trinajstić information content (AvgIpc) is 3.81. The van der Waals surface area contributed by atoms with Gasteiger partial charge in [0.1, 0.15) is 11.2 Å². The van der Waals surface area contributed by atoms with Gasteiger partial charge < -0.3 is 9.32 Å². The zero-order valence-electron chi connectivity index (χ0n) is 31.2. The molecule has 0 amide bonds. The van der Waals surface area contributed by atoms with Crippen molar-refractivity contribution in [2.45, 2.75) is 5.41 Å². The third-order valence-corrected chi connectivity index (χ3v) is 11.7. The van der Waals surface area contributed by atoms with E-state index in [1.165, 1.54) is 38.9 Å². The Morgan fingerprint density at radius 2 is 0.912 bits per heavy atom. The zero-order chi connectivity index (χ0) is 37.8. The molecule has 1 aliphatic carbocycles. The first kappa shape index (κ1) is 33.0. The molecule has 0 saturated heterocycles. The maximum Gasteiger partial charge on any atom is 0.135 e. The predicted octanol–water partition coefficient (Wildman–Crippen LogP) is 14.8. The Kier molecular flexibility index (Phi) is 7.75. The Balaban J connectivity index is 1.16. The number of nitrogens with zero attached hydrogens (tertiary/aromatic N) is 1. The van der Waals surface area contributed by atoms with Gasteiger partial charge in [0.25, 0.3) is 0 Å². The third kappa shape index (κ3) is 5.26. The number of fused-ring (bicyclic) bond motifs is 6. The predicted molar refractivity (Wildman–Crippen MR) is 237 cm³/mol. The van der Waals surface area contributed by atoms with Crippen LogP contribution in [0.2, 0.25) is 0 Å². The van der Waals surface area contributed by atoms with Crippen molar-refractivity contribution >= 4 is 39.0 Å². The number of hydrogen-bond donors (Lipinski definition) is 0. The summed E-state index contributed by atoms with van der Waals surface area (Å²) in [6.45, 7) is 0. The molecule has 1 aliphatic rings. The van der Waals surface area contributed by atoms with Gasteiger partial charge in [0.15, 0.2) is 0 Å². The molecule has 268 valence electrons. The monoisotopic (exact) mass is 727 g/mol. The zero-order valence-corrected chi connectivity index (χ0v) is 31.2. The van der Waals surface area contributed by atoms with Crippen LogP contribution in [0, 0.1) is 0 Å². The molecule has 0 atom stereocenters. The molecule has 9 aromatic carbocycles. The Bertz CT molecular complexity index is 3030. The Hall–Kier alpha value is -7.42. The highest BCUT2D eigenvalue weighted by molar-refractivity contribution is 6.06. The lowest BCUT2D eigenvalue weighted by Gasteiger charge is -2.35. The standard InChI is InChI=1S/C55H37NO/c1-4-17-38(18-5-1)45-25-11-14-29-52(45)56(43-24-16-19-39(35-43)40-31-34-54-49(36-40)48-27-12-15-30-53(48)57-54)44-32-33-47-46-26-10-13-28-50(46)55(51(47)37-44,41-20-6-2-7-21-41)42-22-8-3-9-23-42/h1-37H. The van der Waals surface area contributed by atoms with Crippen molar-refractivity contribution in [2.24, 2.45) is 0 Å². The number of benzene rings is 9. The summed E-state index contributed by atoms with van der Waals surface area (Å²) < 4.78 is 6.21. The highest BCUT2D eigenvalue weighted by atomic mass is 16.3. The normalized spacial score (nSPS) is 12.7. The van der Waals surface area contributed by atoms with Gasteiger partial charge in [-0.15, -0.1) is 0 Å². The number of anilines is 3. The smallest absolute Gasteiger partial charge is 0.135 e. The fourth-order valence-corrected chi connectivity index (χ4v) is 9.26. The fraction of sp³-hybridized carbons (Fsp3) is 0.0182. The van der Waals surface area contributed by atoms with Crippen LogP contribution < -0.4 is 4.90 Å². The van der Waals surface area contributed by atoms with E-state index in [-0.39, 0.29) is 0 Å². The van der Waals surface area contributed by atoms with Crippen molar-refractivity contribution in [2.75, 3.05) is 4.90 Å². The van der Waals surface area contributed by atoms with Crippen molar-refractivity contribution in [1.82, 2.24) is 0 Å². The van der Waals surface area contributed by atoms with Gasteiger partial charge in [-0.25, -0.2) is 0 Å². The molecule has 10 aromatic rings. The molecule has 0 saturated carbocycles. The van der Waals surface area contributed by atoms with Crippen LogP contribution in [0.3, 0.4) is 0 Å². The Morgan fingerprint density at radius 1 is 0.333 bits per heavy atom. The largest absolute Gasteiger partial charge is 0.456 e. The van der Waals surface area contributed by atoms with Crippen LogP contribution >= 0.6 is 0 Å². The second-order valence-electron chi connectivity index (χ2n) is 14.8. The minimum Gasteiger partial charge on any atom is -0.456 e. The Morgan fingerprint density at radius 3 is 1.70 bits per heavy atom. The van der Waals surface area contributed by atoms with Crippen LogP contribution in [-0.2, 0) is 5.41 Å². The van der Waals surface area contributed by atoms with Crippen molar-refractivity contribution in [1.29, 1.82) is 0 Å². The molecule has 11 rings (SSSR count). The lowest BCUT2D eigenvalue weighted by Crippen LogP contribution is -2.28. The molecule has 0 aliphatic heterocycles. The first-order valence-corrected chi connectivity index (χ1v) is 19.6. The molecular weight excluding hydrogens is 691 g/mol. The van der Waals surface area contributed by atoms with E-state index in [2.05, 4.69) is 217 Å². The van der Waals surface area contributed by atoms with Gasteiger partial charge in [-0.3, -0.25) is 0 Å². The molecule has 0 bridgehead atoms. The van der Waals surface area contributed by atoms with Crippen molar-refractivity contribution in [3.63, 3.8) is 0 Å². The average molecular weight is 728 g/mol. The Labute approximate surface area is 332 Å². The maximum atomic E-state index is 6.21. The molecule has 0 N–H and O–H groups in total. The van der Waals surface area contributed by atoms with Crippen LogP contribution in [0.25, 0.3) is 55.3 Å². The van der Waals surface area contributed by atoms with Crippen molar-refractivity contribution in [3.8, 4) is 33.4 Å². The number of para-hydroxylation sites is 2. The quantitative estimate of drug-likeness (QED) is 0.163. The fourth-order valence-electron chi connectivity index (χ4n) is 9.26. The van der Waals surface area contributed by atoms with E-state index in [9.17, 15) is 0 Å². The van der Waals surface area contributed by atoms with Crippen molar-refractivity contribution in [3.05, 3.63) is 247 Å². The van der Waals surface area contributed by atoms with Gasteiger partial charge in [-0.1, -0.05) is 176 Å². The lowest BCUT2D eigenvalue weighted by atomic mass is 9.67. The molecular formula is C55H37NO. The van der Waals surface area contributed by atoms with Crippen LogP contribution in [0.4, 0.5) is 17.1 Å². The summed E-state index contributed by atoms with van der Waals surface area (Å²) in [5, 5.41) is 2.25. The van der Waals surface area contributed by atoms with E-state index in [4.69, 9.17) is 4.42 Å². The minimum absolute atomic E-state index is 0.514. The number of hydrogen-bond acceptors (Lipinski definition) is 2. The maximum absolute atomic E-state index is 6.21. The van der Waals surface area contributed by atoms with Gasteiger partial charge in [0.05, 0.1) is 11.1 Å². The molecule has 2 nitrogen and oxygen atoms in total. The highest BCUT2D eigenvalue weighted by Crippen LogP contribution is 2.57. The van der Waals surface area contributed by atoms with Gasteiger partial charge in [0, 0.05) is 27.7 Å². The van der Waals surface area contributed by atoms with E-state index >= 15 is 0 Å². The molecule has 2 heteroatoms. The van der Waals surface area contributed by atoms with E-state index < -0.39 is 5.41 Å².